The van der Waals surface area contributed by atoms with Crippen molar-refractivity contribution in [3.63, 3.8) is 0 Å². The van der Waals surface area contributed by atoms with Gasteiger partial charge in [-0.05, 0) is 41.4 Å². The molecule has 0 saturated carbocycles. The van der Waals surface area contributed by atoms with E-state index >= 15 is 0 Å². The van der Waals surface area contributed by atoms with Gasteiger partial charge in [0, 0.05) is 32.7 Å². The fourth-order valence-corrected chi connectivity index (χ4v) is 5.74. The lowest BCUT2D eigenvalue weighted by molar-refractivity contribution is 0.669. The summed E-state index contributed by atoms with van der Waals surface area (Å²) in [5.74, 6) is 0.614. The number of nitrogens with zero attached hydrogens (tertiary/aromatic N) is 4. The van der Waals surface area contributed by atoms with Crippen LogP contribution in [0.25, 0.3) is 83.6 Å². The zero-order chi connectivity index (χ0) is 36.9. The first-order valence-electron chi connectivity index (χ1n) is 18.4. The molecule has 44 heavy (non-hydrogen) atoms. The number of fused-ring (bicyclic) bond motifs is 6. The highest BCUT2D eigenvalue weighted by molar-refractivity contribution is 6.15. The average Bonchev–Trinajstić information content (AvgIpc) is 3.74. The molecule has 206 valence electrons. The van der Waals surface area contributed by atoms with Crippen LogP contribution in [-0.4, -0.2) is 19.5 Å². The lowest BCUT2D eigenvalue weighted by Gasteiger charge is -2.11. The highest BCUT2D eigenvalue weighted by Gasteiger charge is 2.20. The SMILES string of the molecule is [2H]c1c([2H])c([2H])c(-c2cccc3c2c2c([2H])c([2H])c([2H])c([2H])c2n3-c2nc(-c3ccccc3)nc(-c3ccc4c(c3)oc3ccccc34)n2)c([2H])c1[2H]. The third-order valence-electron chi connectivity index (χ3n) is 7.69. The van der Waals surface area contributed by atoms with Crippen LogP contribution >= 0.6 is 0 Å². The Morgan fingerprint density at radius 1 is 0.523 bits per heavy atom. The molecule has 0 saturated heterocycles. The van der Waals surface area contributed by atoms with Crippen molar-refractivity contribution in [1.29, 1.82) is 0 Å². The Labute approximate surface area is 265 Å². The Balaban J connectivity index is 1.40. The predicted octanol–water partition coefficient (Wildman–Crippen LogP) is 9.87. The van der Waals surface area contributed by atoms with E-state index in [4.69, 9.17) is 31.7 Å². The first kappa shape index (κ1) is 17.1. The minimum Gasteiger partial charge on any atom is -0.456 e. The Hall–Kier alpha value is -6.07. The van der Waals surface area contributed by atoms with Crippen molar-refractivity contribution in [1.82, 2.24) is 19.5 Å². The molecular formula is C39H24N4O. The van der Waals surface area contributed by atoms with Crippen molar-refractivity contribution in [2.45, 2.75) is 0 Å². The van der Waals surface area contributed by atoms with E-state index < -0.39 is 42.3 Å². The molecule has 9 aromatic rings. The molecule has 5 heteroatoms. The first-order valence-corrected chi connectivity index (χ1v) is 13.9. The van der Waals surface area contributed by atoms with E-state index in [0.29, 0.717) is 28.1 Å². The van der Waals surface area contributed by atoms with Crippen LogP contribution in [0.15, 0.2) is 150 Å². The fourth-order valence-electron chi connectivity index (χ4n) is 5.74. The van der Waals surface area contributed by atoms with E-state index in [2.05, 4.69) is 0 Å². The van der Waals surface area contributed by atoms with Gasteiger partial charge in [-0.25, -0.2) is 4.98 Å². The maximum Gasteiger partial charge on any atom is 0.238 e. The van der Waals surface area contributed by atoms with E-state index in [1.165, 1.54) is 4.57 Å². The van der Waals surface area contributed by atoms with Gasteiger partial charge in [0.05, 0.1) is 23.4 Å². The van der Waals surface area contributed by atoms with Gasteiger partial charge in [0.1, 0.15) is 11.2 Å². The number of hydrogen-bond donors (Lipinski definition) is 0. The second kappa shape index (κ2) is 9.75. The molecule has 0 unspecified atom stereocenters. The van der Waals surface area contributed by atoms with E-state index in [1.807, 2.05) is 72.8 Å². The Morgan fingerprint density at radius 3 is 2.16 bits per heavy atom. The number of aromatic nitrogens is 4. The van der Waals surface area contributed by atoms with Crippen molar-refractivity contribution in [2.75, 3.05) is 0 Å². The first-order chi connectivity index (χ1) is 25.5. The summed E-state index contributed by atoms with van der Waals surface area (Å²) in [7, 11) is 0. The van der Waals surface area contributed by atoms with Crippen molar-refractivity contribution >= 4 is 43.7 Å². The highest BCUT2D eigenvalue weighted by Crippen LogP contribution is 2.38. The summed E-state index contributed by atoms with van der Waals surface area (Å²) in [6.07, 6.45) is 0. The van der Waals surface area contributed by atoms with Crippen LogP contribution in [0.3, 0.4) is 0 Å². The summed E-state index contributed by atoms with van der Waals surface area (Å²) in [6, 6.07) is 23.4. The standard InChI is InChI=1S/C39H24N4O/c1-3-12-25(13-4-1)28-18-11-20-33-36(28)31-17-7-9-19-32(31)43(33)39-41-37(26-14-5-2-6-15-26)40-38(42-39)27-22-23-30-29-16-8-10-21-34(29)44-35(30)24-27/h1-24H/i1D,3D,4D,7D,9D,12D,13D,17D,19D. The van der Waals surface area contributed by atoms with Crippen LogP contribution in [0.5, 0.6) is 0 Å². The molecule has 0 aliphatic rings. The smallest absolute Gasteiger partial charge is 0.238 e. The molecule has 3 aromatic heterocycles. The second-order valence-electron chi connectivity index (χ2n) is 10.2. The van der Waals surface area contributed by atoms with E-state index in [-0.39, 0.29) is 51.3 Å². The van der Waals surface area contributed by atoms with Gasteiger partial charge in [0.2, 0.25) is 5.95 Å². The lowest BCUT2D eigenvalue weighted by atomic mass is 9.99. The fraction of sp³-hybridized carbons (Fsp3) is 0. The highest BCUT2D eigenvalue weighted by atomic mass is 16.3. The van der Waals surface area contributed by atoms with Crippen LogP contribution in [-0.2, 0) is 0 Å². The maximum absolute atomic E-state index is 9.13. The third kappa shape index (κ3) is 3.83. The Kier molecular flexibility index (Phi) is 3.80. The van der Waals surface area contributed by atoms with Gasteiger partial charge in [0.15, 0.2) is 11.6 Å². The number of para-hydroxylation sites is 2. The second-order valence-corrected chi connectivity index (χ2v) is 10.2. The van der Waals surface area contributed by atoms with Crippen LogP contribution in [0, 0.1) is 0 Å². The minimum atomic E-state index is -0.549. The molecule has 0 amide bonds. The van der Waals surface area contributed by atoms with Crippen LogP contribution in [0.1, 0.15) is 12.3 Å². The average molecular weight is 574 g/mol. The number of benzene rings is 6. The zero-order valence-electron chi connectivity index (χ0n) is 31.9. The number of furan rings is 1. The number of rotatable bonds is 4. The summed E-state index contributed by atoms with van der Waals surface area (Å²) in [5, 5.41) is 2.21. The van der Waals surface area contributed by atoms with Crippen molar-refractivity contribution in [2.24, 2.45) is 0 Å². The van der Waals surface area contributed by atoms with Gasteiger partial charge in [-0.3, -0.25) is 4.57 Å². The lowest BCUT2D eigenvalue weighted by Crippen LogP contribution is -2.06. The quantitative estimate of drug-likeness (QED) is 0.210. The van der Waals surface area contributed by atoms with E-state index in [0.717, 1.165) is 16.4 Å². The minimum absolute atomic E-state index is 0.0433. The molecular weight excluding hydrogens is 540 g/mol. The van der Waals surface area contributed by atoms with E-state index in [1.54, 1.807) is 18.2 Å². The van der Waals surface area contributed by atoms with Crippen LogP contribution in [0.2, 0.25) is 0 Å². The molecule has 3 heterocycles. The van der Waals surface area contributed by atoms with Gasteiger partial charge in [-0.15, -0.1) is 0 Å². The zero-order valence-corrected chi connectivity index (χ0v) is 22.9. The maximum atomic E-state index is 9.13. The topological polar surface area (TPSA) is 56.7 Å². The van der Waals surface area contributed by atoms with E-state index in [9.17, 15) is 0 Å². The predicted molar refractivity (Wildman–Crippen MR) is 178 cm³/mol. The summed E-state index contributed by atoms with van der Waals surface area (Å²) < 4.78 is 85.5. The summed E-state index contributed by atoms with van der Waals surface area (Å²) in [5.41, 5.74) is 3.12. The van der Waals surface area contributed by atoms with Crippen molar-refractivity contribution < 1.29 is 16.8 Å². The monoisotopic (exact) mass is 573 g/mol. The normalized spacial score (nSPS) is 14.5. The van der Waals surface area contributed by atoms with Crippen molar-refractivity contribution in [3.05, 3.63) is 145 Å². The summed E-state index contributed by atoms with van der Waals surface area (Å²) in [4.78, 5) is 14.7. The van der Waals surface area contributed by atoms with Crippen LogP contribution < -0.4 is 0 Å². The van der Waals surface area contributed by atoms with Gasteiger partial charge >= 0.3 is 0 Å². The molecule has 0 aliphatic carbocycles. The van der Waals surface area contributed by atoms with Gasteiger partial charge in [-0.1, -0.05) is 115 Å². The molecule has 0 atom stereocenters. The largest absolute Gasteiger partial charge is 0.456 e. The number of hydrogen-bond acceptors (Lipinski definition) is 4. The third-order valence-corrected chi connectivity index (χ3v) is 7.69. The van der Waals surface area contributed by atoms with Gasteiger partial charge in [-0.2, -0.15) is 9.97 Å². The Morgan fingerprint density at radius 2 is 1.27 bits per heavy atom. The van der Waals surface area contributed by atoms with Gasteiger partial charge < -0.3 is 4.42 Å². The molecule has 9 rings (SSSR count). The molecule has 0 aliphatic heterocycles. The van der Waals surface area contributed by atoms with Gasteiger partial charge in [0.25, 0.3) is 0 Å². The molecule has 0 bridgehead atoms. The molecule has 0 radical (unpaired) electrons. The molecule has 5 nitrogen and oxygen atoms in total. The summed E-state index contributed by atoms with van der Waals surface area (Å²) in [6.45, 7) is 0. The van der Waals surface area contributed by atoms with Crippen molar-refractivity contribution in [3.8, 4) is 39.9 Å². The summed E-state index contributed by atoms with van der Waals surface area (Å²) >= 11 is 0. The molecule has 0 N–H and O–H groups in total. The molecule has 0 fully saturated rings. The van der Waals surface area contributed by atoms with Crippen LogP contribution in [0.4, 0.5) is 0 Å². The molecule has 0 spiro atoms. The molecule has 6 aromatic carbocycles. The Bertz CT molecular complexity index is 2990.